The smallest absolute Gasteiger partial charge is 0.242 e. The molecule has 0 saturated carbocycles. The lowest BCUT2D eigenvalue weighted by molar-refractivity contribution is -0.129. The Balaban J connectivity index is 1.95. The largest absolute Gasteiger partial charge is 0.396 e. The van der Waals surface area contributed by atoms with Gasteiger partial charge in [-0.25, -0.2) is 4.98 Å². The van der Waals surface area contributed by atoms with Gasteiger partial charge in [0.15, 0.2) is 17.0 Å². The number of unbranched alkanes of at least 4 members (excludes halogenated alkanes) is 2. The minimum absolute atomic E-state index is 0.0819. The molecule has 0 fully saturated rings. The van der Waals surface area contributed by atoms with Crippen molar-refractivity contribution in [2.24, 2.45) is 0 Å². The summed E-state index contributed by atoms with van der Waals surface area (Å²) in [5.41, 5.74) is 2.20. The number of aliphatic hydroxyl groups is 1. The number of nitriles is 1. The number of halogens is 1. The number of likely N-dealkylation sites (N-methyl/N-ethyl adjacent to an activating group) is 1. The Hall–Kier alpha value is -3.23. The number of amides is 1. The molecule has 3 aromatic rings. The van der Waals surface area contributed by atoms with Gasteiger partial charge in [0, 0.05) is 37.4 Å². The first-order chi connectivity index (χ1) is 15.4. The van der Waals surface area contributed by atoms with Crippen LogP contribution in [0.3, 0.4) is 0 Å². The van der Waals surface area contributed by atoms with Crippen LogP contribution in [0, 0.1) is 11.3 Å². The molecule has 0 bridgehead atoms. The predicted molar refractivity (Wildman–Crippen MR) is 126 cm³/mol. The predicted octanol–water partition coefficient (Wildman–Crippen LogP) is 2.87. The molecule has 168 valence electrons. The Morgan fingerprint density at radius 3 is 2.78 bits per heavy atom. The molecule has 10 nitrogen and oxygen atoms in total. The van der Waals surface area contributed by atoms with E-state index in [0.717, 1.165) is 23.7 Å². The Kier molecular flexibility index (Phi) is 7.97. The number of hydrogen-bond acceptors (Lipinski definition) is 8. The Morgan fingerprint density at radius 1 is 1.25 bits per heavy atom. The van der Waals surface area contributed by atoms with Crippen molar-refractivity contribution in [1.29, 1.82) is 5.26 Å². The highest BCUT2D eigenvalue weighted by Gasteiger charge is 2.16. The van der Waals surface area contributed by atoms with Gasteiger partial charge in [0.1, 0.15) is 6.54 Å². The number of aromatic nitrogens is 4. The number of nitrogens with zero attached hydrogens (tertiary/aromatic N) is 6. The van der Waals surface area contributed by atoms with Crippen LogP contribution in [-0.2, 0) is 11.3 Å². The standard InChI is InChI=1S/C21H25BrN8O2/c1-29(2)17(32)12-30-13-25-18-19(26-16-9-14(11-23)8-15(22)10-16)27-21(28-20(18)30)24-6-4-3-5-7-31/h8-10,13,31H,3-7,12H2,1-2H3,(H2,24,26,27,28). The van der Waals surface area contributed by atoms with E-state index in [-0.39, 0.29) is 19.1 Å². The minimum atomic E-state index is -0.0819. The molecule has 2 heterocycles. The SMILES string of the molecule is CN(C)C(=O)Cn1cnc2c(Nc3cc(Br)cc(C#N)c3)nc(NCCCCCO)nc21. The van der Waals surface area contributed by atoms with Crippen molar-refractivity contribution in [2.75, 3.05) is 37.9 Å². The second-order valence-electron chi connectivity index (χ2n) is 7.41. The number of fused-ring (bicyclic) bond motifs is 1. The highest BCUT2D eigenvalue weighted by Crippen LogP contribution is 2.27. The van der Waals surface area contributed by atoms with Crippen molar-refractivity contribution in [3.63, 3.8) is 0 Å². The molecule has 32 heavy (non-hydrogen) atoms. The van der Waals surface area contributed by atoms with Crippen LogP contribution in [0.5, 0.6) is 0 Å². The summed E-state index contributed by atoms with van der Waals surface area (Å²) in [6.07, 6.45) is 4.07. The van der Waals surface area contributed by atoms with E-state index in [0.29, 0.717) is 40.7 Å². The molecular weight excluding hydrogens is 476 g/mol. The summed E-state index contributed by atoms with van der Waals surface area (Å²) in [6.45, 7) is 0.920. The fourth-order valence-corrected chi connectivity index (χ4v) is 3.48. The third-order valence-corrected chi connectivity index (χ3v) is 5.13. The molecule has 0 atom stereocenters. The number of nitrogens with one attached hydrogen (secondary N) is 2. The number of benzene rings is 1. The van der Waals surface area contributed by atoms with Gasteiger partial charge in [0.2, 0.25) is 11.9 Å². The van der Waals surface area contributed by atoms with E-state index in [2.05, 4.69) is 47.6 Å². The van der Waals surface area contributed by atoms with E-state index in [1.54, 1.807) is 37.1 Å². The molecule has 0 saturated heterocycles. The van der Waals surface area contributed by atoms with Crippen LogP contribution >= 0.6 is 15.9 Å². The van der Waals surface area contributed by atoms with Crippen LogP contribution in [0.4, 0.5) is 17.5 Å². The van der Waals surface area contributed by atoms with Crippen molar-refractivity contribution in [3.05, 3.63) is 34.6 Å². The molecule has 3 N–H and O–H groups in total. The molecule has 0 aliphatic rings. The van der Waals surface area contributed by atoms with Gasteiger partial charge in [-0.05, 0) is 37.5 Å². The fourth-order valence-electron chi connectivity index (χ4n) is 2.99. The first-order valence-corrected chi connectivity index (χ1v) is 11.0. The summed E-state index contributed by atoms with van der Waals surface area (Å²) in [6, 6.07) is 7.40. The zero-order valence-electron chi connectivity index (χ0n) is 18.0. The van der Waals surface area contributed by atoms with E-state index in [9.17, 15) is 10.1 Å². The highest BCUT2D eigenvalue weighted by atomic mass is 79.9. The van der Waals surface area contributed by atoms with Gasteiger partial charge in [0.05, 0.1) is 18.0 Å². The molecule has 2 aromatic heterocycles. The van der Waals surface area contributed by atoms with Crippen LogP contribution in [0.2, 0.25) is 0 Å². The van der Waals surface area contributed by atoms with Crippen molar-refractivity contribution in [2.45, 2.75) is 25.8 Å². The van der Waals surface area contributed by atoms with Gasteiger partial charge in [-0.2, -0.15) is 15.2 Å². The number of carbonyl (C=O) groups excluding carboxylic acids is 1. The summed E-state index contributed by atoms with van der Waals surface area (Å²) in [7, 11) is 3.39. The molecule has 1 amide bonds. The molecule has 0 radical (unpaired) electrons. The lowest BCUT2D eigenvalue weighted by Gasteiger charge is -2.13. The topological polar surface area (TPSA) is 132 Å². The van der Waals surface area contributed by atoms with Gasteiger partial charge in [-0.15, -0.1) is 0 Å². The molecule has 0 aliphatic heterocycles. The quantitative estimate of drug-likeness (QED) is 0.362. The Bertz CT molecular complexity index is 1140. The third-order valence-electron chi connectivity index (χ3n) is 4.68. The van der Waals surface area contributed by atoms with E-state index < -0.39 is 0 Å². The van der Waals surface area contributed by atoms with E-state index in [1.165, 1.54) is 4.90 Å². The maximum absolute atomic E-state index is 12.2. The summed E-state index contributed by atoms with van der Waals surface area (Å²) in [4.78, 5) is 27.3. The van der Waals surface area contributed by atoms with E-state index in [1.807, 2.05) is 6.07 Å². The van der Waals surface area contributed by atoms with Crippen molar-refractivity contribution in [1.82, 2.24) is 24.4 Å². The van der Waals surface area contributed by atoms with Crippen LogP contribution < -0.4 is 10.6 Å². The van der Waals surface area contributed by atoms with Gasteiger partial charge in [-0.1, -0.05) is 15.9 Å². The van der Waals surface area contributed by atoms with Crippen LogP contribution in [0.15, 0.2) is 29.0 Å². The lowest BCUT2D eigenvalue weighted by Crippen LogP contribution is -2.26. The zero-order chi connectivity index (χ0) is 23.1. The average Bonchev–Trinajstić information content (AvgIpc) is 3.16. The van der Waals surface area contributed by atoms with Crippen LogP contribution in [0.25, 0.3) is 11.2 Å². The molecule has 0 aliphatic carbocycles. The maximum Gasteiger partial charge on any atom is 0.242 e. The first kappa shape index (κ1) is 23.4. The number of hydrogen-bond donors (Lipinski definition) is 3. The molecule has 0 spiro atoms. The molecule has 1 aromatic carbocycles. The van der Waals surface area contributed by atoms with E-state index in [4.69, 9.17) is 5.11 Å². The normalized spacial score (nSPS) is 10.7. The maximum atomic E-state index is 12.2. The molecule has 0 unspecified atom stereocenters. The lowest BCUT2D eigenvalue weighted by atomic mass is 10.2. The second kappa shape index (κ2) is 10.9. The zero-order valence-corrected chi connectivity index (χ0v) is 19.6. The molecular formula is C21H25BrN8O2. The van der Waals surface area contributed by atoms with Gasteiger partial charge < -0.3 is 25.2 Å². The van der Waals surface area contributed by atoms with Crippen LogP contribution in [-0.4, -0.2) is 62.7 Å². The molecule has 3 rings (SSSR count). The van der Waals surface area contributed by atoms with Gasteiger partial charge in [-0.3, -0.25) is 4.79 Å². The first-order valence-electron chi connectivity index (χ1n) is 10.2. The highest BCUT2D eigenvalue weighted by molar-refractivity contribution is 9.10. The summed E-state index contributed by atoms with van der Waals surface area (Å²) >= 11 is 3.42. The number of imidazole rings is 1. The van der Waals surface area contributed by atoms with Crippen LogP contribution in [0.1, 0.15) is 24.8 Å². The van der Waals surface area contributed by atoms with Gasteiger partial charge in [0.25, 0.3) is 0 Å². The number of carbonyl (C=O) groups is 1. The third kappa shape index (κ3) is 5.93. The van der Waals surface area contributed by atoms with Gasteiger partial charge >= 0.3 is 0 Å². The van der Waals surface area contributed by atoms with Crippen molar-refractivity contribution in [3.8, 4) is 6.07 Å². The minimum Gasteiger partial charge on any atom is -0.396 e. The van der Waals surface area contributed by atoms with Crippen molar-refractivity contribution < 1.29 is 9.90 Å². The van der Waals surface area contributed by atoms with E-state index >= 15 is 0 Å². The Labute approximate surface area is 194 Å². The molecule has 11 heteroatoms. The summed E-state index contributed by atoms with van der Waals surface area (Å²) in [5, 5.41) is 24.6. The van der Waals surface area contributed by atoms with Crippen molar-refractivity contribution >= 4 is 50.5 Å². The summed E-state index contributed by atoms with van der Waals surface area (Å²) in [5.74, 6) is 0.783. The monoisotopic (exact) mass is 500 g/mol. The summed E-state index contributed by atoms with van der Waals surface area (Å²) < 4.78 is 2.44. The second-order valence-corrected chi connectivity index (χ2v) is 8.32. The average molecular weight is 501 g/mol. The number of rotatable bonds is 10. The number of aliphatic hydroxyl groups excluding tert-OH is 1. The number of anilines is 3. The Morgan fingerprint density at radius 2 is 2.06 bits per heavy atom. The fraction of sp³-hybridized carbons (Fsp3) is 0.381.